The maximum Gasteiger partial charge on any atom is 0.223 e. The molecular weight excluding hydrogens is 270 g/mol. The number of benzene rings is 1. The van der Waals surface area contributed by atoms with Gasteiger partial charge in [-0.25, -0.2) is 0 Å². The van der Waals surface area contributed by atoms with E-state index < -0.39 is 0 Å². The zero-order valence-corrected chi connectivity index (χ0v) is 12.5. The summed E-state index contributed by atoms with van der Waals surface area (Å²) < 4.78 is 5.54. The molecule has 3 rings (SSSR count). The van der Waals surface area contributed by atoms with Crippen LogP contribution < -0.4 is 5.32 Å². The first-order valence-electron chi connectivity index (χ1n) is 7.37. The Labute approximate surface area is 124 Å². The minimum absolute atomic E-state index is 0.154. The van der Waals surface area contributed by atoms with Gasteiger partial charge in [0.15, 0.2) is 0 Å². The van der Waals surface area contributed by atoms with Crippen LogP contribution in [0.5, 0.6) is 0 Å². The summed E-state index contributed by atoms with van der Waals surface area (Å²) in [6.45, 7) is 2.24. The Hall–Kier alpha value is -1.00. The van der Waals surface area contributed by atoms with Crippen LogP contribution in [0.15, 0.2) is 35.2 Å². The van der Waals surface area contributed by atoms with Gasteiger partial charge in [-0.1, -0.05) is 18.2 Å². The van der Waals surface area contributed by atoms with Crippen LogP contribution in [0, 0.1) is 5.92 Å². The van der Waals surface area contributed by atoms with Crippen molar-refractivity contribution in [3.8, 4) is 0 Å². The molecule has 1 aliphatic carbocycles. The van der Waals surface area contributed by atoms with Gasteiger partial charge in [0, 0.05) is 35.3 Å². The van der Waals surface area contributed by atoms with Crippen molar-refractivity contribution in [3.63, 3.8) is 0 Å². The molecule has 4 heteroatoms. The molecule has 1 saturated carbocycles. The summed E-state index contributed by atoms with van der Waals surface area (Å²) in [5, 5.41) is 3.16. The Bertz CT molecular complexity index is 453. The zero-order valence-electron chi connectivity index (χ0n) is 11.6. The Kier molecular flexibility index (Phi) is 4.32. The van der Waals surface area contributed by atoms with Crippen molar-refractivity contribution in [2.45, 2.75) is 35.3 Å². The second-order valence-electron chi connectivity index (χ2n) is 5.70. The first-order valence-corrected chi connectivity index (χ1v) is 8.19. The molecule has 1 saturated heterocycles. The third-order valence-corrected chi connectivity index (χ3v) is 5.56. The molecule has 0 aromatic heterocycles. The van der Waals surface area contributed by atoms with Crippen molar-refractivity contribution >= 4 is 17.7 Å². The minimum Gasteiger partial charge on any atom is -0.381 e. The van der Waals surface area contributed by atoms with E-state index in [-0.39, 0.29) is 16.6 Å². The van der Waals surface area contributed by atoms with Gasteiger partial charge in [-0.2, -0.15) is 0 Å². The SMILES string of the molecule is O=C(NCC1(Sc2ccccc2)CC1)C1CCOCC1. The molecule has 1 aliphatic heterocycles. The summed E-state index contributed by atoms with van der Waals surface area (Å²) in [5.74, 6) is 0.370. The lowest BCUT2D eigenvalue weighted by atomic mass is 9.99. The quantitative estimate of drug-likeness (QED) is 0.906. The lowest BCUT2D eigenvalue weighted by Crippen LogP contribution is -2.38. The molecule has 2 aliphatic rings. The van der Waals surface area contributed by atoms with Gasteiger partial charge in [-0.05, 0) is 37.8 Å². The van der Waals surface area contributed by atoms with E-state index in [1.54, 1.807) is 0 Å². The molecule has 1 aromatic carbocycles. The Morgan fingerprint density at radius 2 is 1.95 bits per heavy atom. The molecule has 108 valence electrons. The molecule has 0 unspecified atom stereocenters. The van der Waals surface area contributed by atoms with E-state index in [4.69, 9.17) is 4.74 Å². The third-order valence-electron chi connectivity index (χ3n) is 4.06. The first-order chi connectivity index (χ1) is 9.77. The Morgan fingerprint density at radius 1 is 1.25 bits per heavy atom. The van der Waals surface area contributed by atoms with Gasteiger partial charge in [0.2, 0.25) is 5.91 Å². The Balaban J connectivity index is 1.49. The van der Waals surface area contributed by atoms with Crippen molar-refractivity contribution in [1.82, 2.24) is 5.32 Å². The molecule has 3 nitrogen and oxygen atoms in total. The average Bonchev–Trinajstić information content (AvgIpc) is 3.27. The van der Waals surface area contributed by atoms with Crippen LogP contribution in [0.25, 0.3) is 0 Å². The second-order valence-corrected chi connectivity index (χ2v) is 7.24. The first kappa shape index (κ1) is 14.0. The normalized spacial score (nSPS) is 21.4. The van der Waals surface area contributed by atoms with Crippen LogP contribution in [0.4, 0.5) is 0 Å². The van der Waals surface area contributed by atoms with E-state index >= 15 is 0 Å². The van der Waals surface area contributed by atoms with Crippen molar-refractivity contribution < 1.29 is 9.53 Å². The fraction of sp³-hybridized carbons (Fsp3) is 0.562. The summed E-state index contributed by atoms with van der Waals surface area (Å²) in [7, 11) is 0. The molecule has 1 N–H and O–H groups in total. The molecule has 1 aromatic rings. The fourth-order valence-electron chi connectivity index (χ4n) is 2.55. The number of hydrogen-bond acceptors (Lipinski definition) is 3. The van der Waals surface area contributed by atoms with E-state index in [0.29, 0.717) is 0 Å². The maximum atomic E-state index is 12.1. The monoisotopic (exact) mass is 291 g/mol. The number of amides is 1. The topological polar surface area (TPSA) is 38.3 Å². The number of thioether (sulfide) groups is 1. The summed E-state index contributed by atoms with van der Waals surface area (Å²) >= 11 is 1.91. The summed E-state index contributed by atoms with van der Waals surface area (Å²) in [6, 6.07) is 10.5. The number of carbonyl (C=O) groups is 1. The lowest BCUT2D eigenvalue weighted by molar-refractivity contribution is -0.127. The summed E-state index contributed by atoms with van der Waals surface area (Å²) in [4.78, 5) is 13.4. The Morgan fingerprint density at radius 3 is 2.60 bits per heavy atom. The van der Waals surface area contributed by atoms with Crippen molar-refractivity contribution in [2.75, 3.05) is 19.8 Å². The van der Waals surface area contributed by atoms with Crippen molar-refractivity contribution in [3.05, 3.63) is 30.3 Å². The molecule has 0 radical (unpaired) electrons. The van der Waals surface area contributed by atoms with Crippen molar-refractivity contribution in [2.24, 2.45) is 5.92 Å². The highest BCUT2D eigenvalue weighted by atomic mass is 32.2. The van der Waals surface area contributed by atoms with Crippen LogP contribution in [-0.4, -0.2) is 30.4 Å². The standard InChI is InChI=1S/C16H21NO2S/c18-15(13-6-10-19-11-7-13)17-12-16(8-9-16)20-14-4-2-1-3-5-14/h1-5,13H,6-12H2,(H,17,18). The highest BCUT2D eigenvalue weighted by Gasteiger charge is 2.44. The molecule has 2 fully saturated rings. The minimum atomic E-state index is 0.154. The molecule has 0 atom stereocenters. The number of nitrogens with one attached hydrogen (secondary N) is 1. The molecule has 20 heavy (non-hydrogen) atoms. The van der Waals surface area contributed by atoms with Gasteiger partial charge < -0.3 is 10.1 Å². The van der Waals surface area contributed by atoms with Crippen LogP contribution in [0.1, 0.15) is 25.7 Å². The largest absolute Gasteiger partial charge is 0.381 e. The third kappa shape index (κ3) is 3.55. The molecule has 1 heterocycles. The molecule has 1 amide bonds. The summed E-state index contributed by atoms with van der Waals surface area (Å²) in [5.41, 5.74) is 0. The van der Waals surface area contributed by atoms with Gasteiger partial charge in [0.1, 0.15) is 0 Å². The van der Waals surface area contributed by atoms with Gasteiger partial charge in [0.25, 0.3) is 0 Å². The number of hydrogen-bond donors (Lipinski definition) is 1. The van der Waals surface area contributed by atoms with E-state index in [0.717, 1.165) is 32.6 Å². The van der Waals surface area contributed by atoms with Crippen LogP contribution in [0.3, 0.4) is 0 Å². The summed E-state index contributed by atoms with van der Waals surface area (Å²) in [6.07, 6.45) is 4.12. The van der Waals surface area contributed by atoms with Crippen LogP contribution >= 0.6 is 11.8 Å². The number of rotatable bonds is 5. The number of carbonyl (C=O) groups excluding carboxylic acids is 1. The van der Waals surface area contributed by atoms with E-state index in [9.17, 15) is 4.79 Å². The predicted molar refractivity (Wildman–Crippen MR) is 80.8 cm³/mol. The highest BCUT2D eigenvalue weighted by molar-refractivity contribution is 8.01. The molecule has 0 bridgehead atoms. The van der Waals surface area contributed by atoms with Gasteiger partial charge >= 0.3 is 0 Å². The molecule has 0 spiro atoms. The van der Waals surface area contributed by atoms with E-state index in [2.05, 4.69) is 29.6 Å². The lowest BCUT2D eigenvalue weighted by Gasteiger charge is -2.23. The molecular formula is C16H21NO2S. The van der Waals surface area contributed by atoms with Gasteiger partial charge in [-0.15, -0.1) is 11.8 Å². The highest BCUT2D eigenvalue weighted by Crippen LogP contribution is 2.51. The second kappa shape index (κ2) is 6.19. The maximum absolute atomic E-state index is 12.1. The van der Waals surface area contributed by atoms with Gasteiger partial charge in [-0.3, -0.25) is 4.79 Å². The van der Waals surface area contributed by atoms with E-state index in [1.165, 1.54) is 17.7 Å². The van der Waals surface area contributed by atoms with Crippen LogP contribution in [-0.2, 0) is 9.53 Å². The fourth-order valence-corrected chi connectivity index (χ4v) is 3.79. The zero-order chi connectivity index (χ0) is 13.8. The average molecular weight is 291 g/mol. The predicted octanol–water partition coefficient (Wildman–Crippen LogP) is 2.85. The van der Waals surface area contributed by atoms with Crippen molar-refractivity contribution in [1.29, 1.82) is 0 Å². The smallest absolute Gasteiger partial charge is 0.223 e. The number of ether oxygens (including phenoxy) is 1. The van der Waals surface area contributed by atoms with Gasteiger partial charge in [0.05, 0.1) is 0 Å². The van der Waals surface area contributed by atoms with E-state index in [1.807, 2.05) is 17.8 Å². The van der Waals surface area contributed by atoms with Crippen LogP contribution in [0.2, 0.25) is 0 Å².